The minimum absolute atomic E-state index is 0.00109. The summed E-state index contributed by atoms with van der Waals surface area (Å²) in [6.45, 7) is 5.49. The summed E-state index contributed by atoms with van der Waals surface area (Å²) in [4.78, 5) is 57.9. The lowest BCUT2D eigenvalue weighted by Gasteiger charge is -2.25. The number of Topliss-reactive ketones (excluding diaryl/α,β-unsaturated/α-hetero) is 1. The standard InChI is InChI=1S/C18H32N4O6/c1-4-13(23)12(7-6-10-20-18(19)28)21-17(27)16(11(2)3)22-14(24)8-5-9-15(25)26/h11-12,16H,4-10H2,1-3H3,(H,21,27)(H,22,24)(H,25,26)(H3,19,20,28)/t12-,16-/m0/s1. The van der Waals surface area contributed by atoms with Crippen molar-refractivity contribution in [2.24, 2.45) is 11.7 Å². The van der Waals surface area contributed by atoms with Crippen LogP contribution in [0.5, 0.6) is 0 Å². The van der Waals surface area contributed by atoms with Gasteiger partial charge in [0.15, 0.2) is 5.78 Å². The molecule has 0 aromatic rings. The maximum absolute atomic E-state index is 12.6. The van der Waals surface area contributed by atoms with Gasteiger partial charge in [0.2, 0.25) is 11.8 Å². The minimum atomic E-state index is -0.988. The Morgan fingerprint density at radius 2 is 1.64 bits per heavy atom. The number of primary amides is 1. The number of aliphatic carboxylic acids is 1. The Hall–Kier alpha value is -2.65. The van der Waals surface area contributed by atoms with Crippen molar-refractivity contribution in [3.8, 4) is 0 Å². The highest BCUT2D eigenvalue weighted by molar-refractivity contribution is 5.92. The molecule has 0 unspecified atom stereocenters. The Kier molecular flexibility index (Phi) is 12.2. The van der Waals surface area contributed by atoms with Crippen molar-refractivity contribution in [1.82, 2.24) is 16.0 Å². The molecule has 0 radical (unpaired) electrons. The predicted molar refractivity (Wildman–Crippen MR) is 102 cm³/mol. The molecule has 0 fully saturated rings. The number of carbonyl (C=O) groups is 5. The molecule has 28 heavy (non-hydrogen) atoms. The minimum Gasteiger partial charge on any atom is -0.481 e. The third-order valence-electron chi connectivity index (χ3n) is 4.08. The van der Waals surface area contributed by atoms with Crippen LogP contribution in [0.1, 0.15) is 59.3 Å². The van der Waals surface area contributed by atoms with Crippen LogP contribution in [-0.4, -0.2) is 53.3 Å². The Morgan fingerprint density at radius 3 is 2.14 bits per heavy atom. The molecule has 0 rings (SSSR count). The normalized spacial score (nSPS) is 12.7. The van der Waals surface area contributed by atoms with E-state index in [1.807, 2.05) is 0 Å². The third-order valence-corrected chi connectivity index (χ3v) is 4.08. The zero-order valence-corrected chi connectivity index (χ0v) is 16.7. The lowest BCUT2D eigenvalue weighted by Crippen LogP contribution is -2.53. The molecule has 2 atom stereocenters. The van der Waals surface area contributed by atoms with Crippen LogP contribution in [0.15, 0.2) is 0 Å². The molecule has 6 N–H and O–H groups in total. The molecule has 0 spiro atoms. The SMILES string of the molecule is CCC(=O)[C@H](CCCNC(N)=O)NC(=O)[C@@H](NC(=O)CCCC(=O)O)C(C)C. The van der Waals surface area contributed by atoms with Crippen molar-refractivity contribution in [1.29, 1.82) is 0 Å². The largest absolute Gasteiger partial charge is 0.481 e. The summed E-state index contributed by atoms with van der Waals surface area (Å²) in [5.74, 6) is -2.26. The van der Waals surface area contributed by atoms with E-state index in [0.717, 1.165) is 0 Å². The van der Waals surface area contributed by atoms with Gasteiger partial charge in [0.1, 0.15) is 6.04 Å². The zero-order valence-electron chi connectivity index (χ0n) is 16.7. The smallest absolute Gasteiger partial charge is 0.312 e. The number of carboxylic acid groups (broad SMARTS) is 1. The molecule has 0 saturated heterocycles. The molecule has 160 valence electrons. The maximum atomic E-state index is 12.6. The van der Waals surface area contributed by atoms with Gasteiger partial charge in [-0.1, -0.05) is 20.8 Å². The van der Waals surface area contributed by atoms with E-state index < -0.39 is 35.9 Å². The van der Waals surface area contributed by atoms with Crippen LogP contribution < -0.4 is 21.7 Å². The van der Waals surface area contributed by atoms with Crippen molar-refractivity contribution >= 4 is 29.6 Å². The van der Waals surface area contributed by atoms with Crippen LogP contribution >= 0.6 is 0 Å². The van der Waals surface area contributed by atoms with Crippen molar-refractivity contribution < 1.29 is 29.1 Å². The number of ketones is 1. The molecule has 0 saturated carbocycles. The van der Waals surface area contributed by atoms with E-state index in [4.69, 9.17) is 10.8 Å². The quantitative estimate of drug-likeness (QED) is 0.263. The molecule has 0 aliphatic heterocycles. The van der Waals surface area contributed by atoms with Crippen molar-refractivity contribution in [3.63, 3.8) is 0 Å². The first-order valence-corrected chi connectivity index (χ1v) is 9.46. The average Bonchev–Trinajstić information content (AvgIpc) is 2.60. The van der Waals surface area contributed by atoms with Crippen LogP contribution in [0.2, 0.25) is 0 Å². The summed E-state index contributed by atoms with van der Waals surface area (Å²) < 4.78 is 0. The number of hydrogen-bond acceptors (Lipinski definition) is 5. The van der Waals surface area contributed by atoms with Crippen molar-refractivity contribution in [2.75, 3.05) is 6.54 Å². The van der Waals surface area contributed by atoms with E-state index in [1.165, 1.54) is 0 Å². The summed E-state index contributed by atoms with van der Waals surface area (Å²) in [6.07, 6.45) is 1.07. The number of urea groups is 1. The van der Waals surface area contributed by atoms with Crippen LogP contribution in [0.3, 0.4) is 0 Å². The molecule has 0 aromatic carbocycles. The molecular weight excluding hydrogens is 368 g/mol. The number of carbonyl (C=O) groups excluding carboxylic acids is 4. The second-order valence-electron chi connectivity index (χ2n) is 6.85. The Bertz CT molecular complexity index is 564. The van der Waals surface area contributed by atoms with Crippen LogP contribution in [0, 0.1) is 5.92 Å². The van der Waals surface area contributed by atoms with E-state index in [9.17, 15) is 24.0 Å². The van der Waals surface area contributed by atoms with Gasteiger partial charge in [0.25, 0.3) is 0 Å². The van der Waals surface area contributed by atoms with Gasteiger partial charge in [-0.05, 0) is 25.2 Å². The number of amides is 4. The third kappa shape index (κ3) is 11.1. The van der Waals surface area contributed by atoms with Gasteiger partial charge in [-0.3, -0.25) is 19.2 Å². The molecule has 0 aliphatic carbocycles. The summed E-state index contributed by atoms with van der Waals surface area (Å²) in [7, 11) is 0. The molecule has 4 amide bonds. The molecule has 0 bridgehead atoms. The fourth-order valence-corrected chi connectivity index (χ4v) is 2.52. The topological polar surface area (TPSA) is 168 Å². The first kappa shape index (κ1) is 25.4. The van der Waals surface area contributed by atoms with Crippen molar-refractivity contribution in [3.05, 3.63) is 0 Å². The molecular formula is C18H32N4O6. The van der Waals surface area contributed by atoms with Gasteiger partial charge in [-0.25, -0.2) is 4.79 Å². The van der Waals surface area contributed by atoms with Gasteiger partial charge in [0, 0.05) is 25.8 Å². The summed E-state index contributed by atoms with van der Waals surface area (Å²) in [5.41, 5.74) is 4.99. The molecule has 10 heteroatoms. The van der Waals surface area contributed by atoms with Gasteiger partial charge in [-0.2, -0.15) is 0 Å². The Labute approximate surface area is 165 Å². The van der Waals surface area contributed by atoms with Crippen LogP contribution in [-0.2, 0) is 19.2 Å². The van der Waals surface area contributed by atoms with Crippen LogP contribution in [0.25, 0.3) is 0 Å². The predicted octanol–water partition coefficient (Wildman–Crippen LogP) is 0.295. The number of carboxylic acids is 1. The fourth-order valence-electron chi connectivity index (χ4n) is 2.52. The number of nitrogens with one attached hydrogen (secondary N) is 3. The summed E-state index contributed by atoms with van der Waals surface area (Å²) in [6, 6.07) is -2.22. The van der Waals surface area contributed by atoms with Gasteiger partial charge < -0.3 is 26.8 Å². The van der Waals surface area contributed by atoms with E-state index in [2.05, 4.69) is 16.0 Å². The average molecular weight is 400 g/mol. The zero-order chi connectivity index (χ0) is 21.7. The van der Waals surface area contributed by atoms with Gasteiger partial charge in [0.05, 0.1) is 6.04 Å². The second-order valence-corrected chi connectivity index (χ2v) is 6.85. The highest BCUT2D eigenvalue weighted by atomic mass is 16.4. The monoisotopic (exact) mass is 400 g/mol. The second kappa shape index (κ2) is 13.5. The fraction of sp³-hybridized carbons (Fsp3) is 0.722. The number of rotatable bonds is 14. The summed E-state index contributed by atoms with van der Waals surface area (Å²) >= 11 is 0. The van der Waals surface area contributed by atoms with Gasteiger partial charge in [-0.15, -0.1) is 0 Å². The van der Waals surface area contributed by atoms with E-state index >= 15 is 0 Å². The van der Waals surface area contributed by atoms with E-state index in [1.54, 1.807) is 20.8 Å². The first-order valence-electron chi connectivity index (χ1n) is 9.46. The lowest BCUT2D eigenvalue weighted by atomic mass is 10.00. The summed E-state index contributed by atoms with van der Waals surface area (Å²) in [5, 5.41) is 16.3. The Balaban J connectivity index is 4.80. The number of nitrogens with two attached hydrogens (primary N) is 1. The molecule has 0 heterocycles. The first-order chi connectivity index (χ1) is 13.1. The van der Waals surface area contributed by atoms with Crippen molar-refractivity contribution in [2.45, 2.75) is 71.4 Å². The lowest BCUT2D eigenvalue weighted by molar-refractivity contribution is -0.137. The molecule has 10 nitrogen and oxygen atoms in total. The molecule has 0 aliphatic rings. The number of hydrogen-bond donors (Lipinski definition) is 5. The van der Waals surface area contributed by atoms with Crippen LogP contribution in [0.4, 0.5) is 4.79 Å². The highest BCUT2D eigenvalue weighted by Gasteiger charge is 2.27. The van der Waals surface area contributed by atoms with Gasteiger partial charge >= 0.3 is 12.0 Å². The Morgan fingerprint density at radius 1 is 1.00 bits per heavy atom. The highest BCUT2D eigenvalue weighted by Crippen LogP contribution is 2.07. The maximum Gasteiger partial charge on any atom is 0.312 e. The van der Waals surface area contributed by atoms with E-state index in [0.29, 0.717) is 12.8 Å². The van der Waals surface area contributed by atoms with E-state index in [-0.39, 0.29) is 43.9 Å². The molecule has 0 aromatic heterocycles.